The minimum absolute atomic E-state index is 0.0889. The van der Waals surface area contributed by atoms with E-state index >= 15 is 0 Å². The van der Waals surface area contributed by atoms with E-state index in [4.69, 9.17) is 21.4 Å². The Morgan fingerprint density at radius 1 is 0.931 bits per heavy atom. The molecule has 2 N–H and O–H groups in total. The first-order valence-electron chi connectivity index (χ1n) is 20.2. The summed E-state index contributed by atoms with van der Waals surface area (Å²) in [6.45, 7) is 12.9. The molecule has 5 amide bonds. The molecule has 304 valence electrons. The zero-order valence-electron chi connectivity index (χ0n) is 33.3. The van der Waals surface area contributed by atoms with Crippen LogP contribution in [0, 0.1) is 28.1 Å². The van der Waals surface area contributed by atoms with Crippen LogP contribution in [-0.4, -0.2) is 100 Å². The molecule has 58 heavy (non-hydrogen) atoms. The van der Waals surface area contributed by atoms with Gasteiger partial charge in [0.2, 0.25) is 11.8 Å². The van der Waals surface area contributed by atoms with E-state index in [-0.39, 0.29) is 47.8 Å². The van der Waals surface area contributed by atoms with E-state index in [0.717, 1.165) is 69.0 Å². The fourth-order valence-corrected chi connectivity index (χ4v) is 10.4. The zero-order valence-corrected chi connectivity index (χ0v) is 34.1. The summed E-state index contributed by atoms with van der Waals surface area (Å²) in [6, 6.07) is 13.3. The first-order chi connectivity index (χ1) is 27.6. The fraction of sp³-hybridized carbons (Fsp3) is 0.512. The van der Waals surface area contributed by atoms with Crippen LogP contribution in [0.25, 0.3) is 0 Å². The normalized spacial score (nSPS) is 24.9. The first-order valence-corrected chi connectivity index (χ1v) is 20.6. The minimum atomic E-state index is -0.976. The van der Waals surface area contributed by atoms with E-state index < -0.39 is 29.7 Å². The largest absolute Gasteiger partial charge is 0.489 e. The van der Waals surface area contributed by atoms with Gasteiger partial charge in [0.05, 0.1) is 27.8 Å². The molecule has 4 aliphatic heterocycles. The molecular weight excluding hydrogens is 760 g/mol. The van der Waals surface area contributed by atoms with E-state index in [1.54, 1.807) is 36.4 Å². The molecule has 15 heteroatoms. The number of nitrogens with zero attached hydrogens (tertiary/aromatic N) is 6. The van der Waals surface area contributed by atoms with Gasteiger partial charge in [-0.25, -0.2) is 0 Å². The van der Waals surface area contributed by atoms with Gasteiger partial charge in [-0.05, 0) is 74.4 Å². The lowest BCUT2D eigenvalue weighted by Crippen LogP contribution is -2.74. The van der Waals surface area contributed by atoms with E-state index in [1.807, 2.05) is 16.9 Å². The highest BCUT2D eigenvalue weighted by atomic mass is 35.5. The number of benzene rings is 2. The van der Waals surface area contributed by atoms with Crippen molar-refractivity contribution >= 4 is 46.8 Å². The number of nitrogens with one attached hydrogen (secondary N) is 2. The Morgan fingerprint density at radius 3 is 2.31 bits per heavy atom. The summed E-state index contributed by atoms with van der Waals surface area (Å²) in [7, 11) is 0. The summed E-state index contributed by atoms with van der Waals surface area (Å²) in [5, 5.41) is 19.8. The number of hydrogen-bond acceptors (Lipinski definition) is 10. The molecule has 1 aliphatic carbocycles. The Balaban J connectivity index is 0.795. The lowest BCUT2D eigenvalue weighted by molar-refractivity contribution is -0.164. The molecule has 5 heterocycles. The Labute approximate surface area is 342 Å². The fourth-order valence-electron chi connectivity index (χ4n) is 10.2. The molecule has 3 aromatic rings. The maximum absolute atomic E-state index is 13.5. The SMILES string of the molecule is CC1(C)[C@H](NC(=O)c2ccn(C3CCN(CC4CCN(c5ccc6c(c5)C(=O)N(C5CCC(=O)NC5=O)C6=O)CC4)CC3)n2)C(C)(C)[C@H]1Oc1ccc(C#N)c(Cl)c1. The van der Waals surface area contributed by atoms with Crippen molar-refractivity contribution in [1.29, 1.82) is 5.26 Å². The van der Waals surface area contributed by atoms with Gasteiger partial charge in [-0.15, -0.1) is 0 Å². The van der Waals surface area contributed by atoms with Crippen LogP contribution >= 0.6 is 11.6 Å². The summed E-state index contributed by atoms with van der Waals surface area (Å²) >= 11 is 6.25. The van der Waals surface area contributed by atoms with Crippen molar-refractivity contribution in [2.45, 2.75) is 90.4 Å². The number of amides is 5. The van der Waals surface area contributed by atoms with Gasteiger partial charge in [0.1, 0.15) is 29.7 Å². The van der Waals surface area contributed by atoms with Gasteiger partial charge in [-0.1, -0.05) is 39.3 Å². The number of likely N-dealkylation sites (tertiary alicyclic amines) is 1. The Kier molecular flexibility index (Phi) is 10.3. The monoisotopic (exact) mass is 808 g/mol. The van der Waals surface area contributed by atoms with Gasteiger partial charge < -0.3 is 19.9 Å². The standard InChI is InChI=1S/C43H49ClN8O6/c1-42(2)40(43(3,4)41(42)58-29-7-5-26(23-45)32(44)22-29)47-36(54)33-15-20-51(48-33)27-13-16-49(17-14-27)24-25-11-18-50(19-12-25)28-6-8-30-31(21-28)39(57)52(38(30)56)34-9-10-35(53)46-37(34)55/h5-8,15,20-22,25,27,34,40-41H,9-14,16-19,24H2,1-4H3,(H,47,54)(H,46,53,55)/t34?,40-,41-. The maximum Gasteiger partial charge on any atom is 0.272 e. The second kappa shape index (κ2) is 15.2. The lowest BCUT2D eigenvalue weighted by atomic mass is 9.49. The van der Waals surface area contributed by atoms with E-state index in [1.165, 1.54) is 0 Å². The van der Waals surface area contributed by atoms with Gasteiger partial charge >= 0.3 is 0 Å². The van der Waals surface area contributed by atoms with Gasteiger partial charge in [0.15, 0.2) is 0 Å². The molecule has 1 atom stereocenters. The molecule has 8 rings (SSSR count). The highest BCUT2D eigenvalue weighted by Gasteiger charge is 2.64. The van der Waals surface area contributed by atoms with Crippen molar-refractivity contribution < 1.29 is 28.7 Å². The van der Waals surface area contributed by atoms with Crippen LogP contribution in [0.5, 0.6) is 5.75 Å². The van der Waals surface area contributed by atoms with Crippen molar-refractivity contribution in [2.24, 2.45) is 16.7 Å². The van der Waals surface area contributed by atoms with Gasteiger partial charge in [0, 0.05) is 74.0 Å². The molecule has 3 saturated heterocycles. The number of imide groups is 2. The van der Waals surface area contributed by atoms with Crippen molar-refractivity contribution in [2.75, 3.05) is 37.6 Å². The number of carbonyl (C=O) groups is 5. The predicted molar refractivity (Wildman–Crippen MR) is 214 cm³/mol. The van der Waals surface area contributed by atoms with Crippen molar-refractivity contribution in [3.63, 3.8) is 0 Å². The topological polar surface area (TPSA) is 170 Å². The van der Waals surface area contributed by atoms with Crippen LogP contribution in [0.15, 0.2) is 48.7 Å². The number of rotatable bonds is 9. The molecule has 1 unspecified atom stereocenters. The summed E-state index contributed by atoms with van der Waals surface area (Å²) in [6.07, 6.45) is 5.85. The molecule has 5 aliphatic rings. The first kappa shape index (κ1) is 39.6. The summed E-state index contributed by atoms with van der Waals surface area (Å²) in [4.78, 5) is 69.8. The number of piperidine rings is 3. The van der Waals surface area contributed by atoms with Crippen LogP contribution in [0.2, 0.25) is 5.02 Å². The average Bonchev–Trinajstić information content (AvgIpc) is 3.79. The molecule has 2 aromatic carbocycles. The van der Waals surface area contributed by atoms with E-state index in [2.05, 4.69) is 54.2 Å². The molecule has 0 bridgehead atoms. The smallest absolute Gasteiger partial charge is 0.272 e. The Hall–Kier alpha value is -5.26. The van der Waals surface area contributed by atoms with Crippen molar-refractivity contribution in [3.8, 4) is 11.8 Å². The average molecular weight is 809 g/mol. The van der Waals surface area contributed by atoms with Crippen LogP contribution < -0.4 is 20.3 Å². The second-order valence-corrected chi connectivity index (χ2v) is 18.0. The number of nitriles is 1. The third-order valence-electron chi connectivity index (χ3n) is 13.1. The molecule has 1 aromatic heterocycles. The molecular formula is C43H49ClN8O6. The maximum atomic E-state index is 13.5. The van der Waals surface area contributed by atoms with Gasteiger partial charge in [0.25, 0.3) is 17.7 Å². The molecule has 14 nitrogen and oxygen atoms in total. The van der Waals surface area contributed by atoms with E-state index in [9.17, 15) is 29.2 Å². The van der Waals surface area contributed by atoms with Crippen molar-refractivity contribution in [1.82, 2.24) is 30.2 Å². The third-order valence-corrected chi connectivity index (χ3v) is 13.4. The van der Waals surface area contributed by atoms with Crippen LogP contribution in [0.1, 0.15) is 109 Å². The molecule has 0 spiro atoms. The van der Waals surface area contributed by atoms with Crippen LogP contribution in [0.4, 0.5) is 5.69 Å². The van der Waals surface area contributed by atoms with Gasteiger partial charge in [-0.2, -0.15) is 10.4 Å². The quantitative estimate of drug-likeness (QED) is 0.282. The number of hydrogen-bond donors (Lipinski definition) is 2. The number of anilines is 1. The Morgan fingerprint density at radius 2 is 1.64 bits per heavy atom. The molecule has 4 fully saturated rings. The summed E-state index contributed by atoms with van der Waals surface area (Å²) in [5.74, 6) is -1.06. The summed E-state index contributed by atoms with van der Waals surface area (Å²) in [5.41, 5.74) is 1.53. The predicted octanol–water partition coefficient (Wildman–Crippen LogP) is 4.97. The second-order valence-electron chi connectivity index (χ2n) is 17.6. The minimum Gasteiger partial charge on any atom is -0.489 e. The van der Waals surface area contributed by atoms with E-state index in [0.29, 0.717) is 39.1 Å². The number of ether oxygens (including phenoxy) is 1. The van der Waals surface area contributed by atoms with Crippen molar-refractivity contribution in [3.05, 3.63) is 76.1 Å². The number of carbonyl (C=O) groups excluding carboxylic acids is 5. The Bertz CT molecular complexity index is 2200. The number of aromatic nitrogens is 2. The number of halogens is 1. The molecule has 0 radical (unpaired) electrons. The van der Waals surface area contributed by atoms with Crippen LogP contribution in [0.3, 0.4) is 0 Å². The third kappa shape index (κ3) is 7.12. The van der Waals surface area contributed by atoms with Gasteiger partial charge in [-0.3, -0.25) is 38.9 Å². The highest BCUT2D eigenvalue weighted by Crippen LogP contribution is 2.55. The summed E-state index contributed by atoms with van der Waals surface area (Å²) < 4.78 is 8.32. The zero-order chi connectivity index (χ0) is 41.1. The highest BCUT2D eigenvalue weighted by molar-refractivity contribution is 6.31. The number of fused-ring (bicyclic) bond motifs is 1. The molecule has 1 saturated carbocycles. The lowest BCUT2D eigenvalue weighted by Gasteiger charge is -2.63. The van der Waals surface area contributed by atoms with Crippen LogP contribution in [-0.2, 0) is 9.59 Å².